The zero-order valence-corrected chi connectivity index (χ0v) is 13.8. The van der Waals surface area contributed by atoms with Crippen molar-refractivity contribution in [1.29, 1.82) is 0 Å². The minimum absolute atomic E-state index is 0.0102. The Labute approximate surface area is 147 Å². The third-order valence-corrected chi connectivity index (χ3v) is 4.49. The molecule has 0 spiro atoms. The van der Waals surface area contributed by atoms with E-state index in [0.29, 0.717) is 6.61 Å². The van der Waals surface area contributed by atoms with Crippen molar-refractivity contribution in [3.8, 4) is 0 Å². The predicted molar refractivity (Wildman–Crippen MR) is 98.1 cm³/mol. The summed E-state index contributed by atoms with van der Waals surface area (Å²) < 4.78 is 6.00. The predicted octanol–water partition coefficient (Wildman–Crippen LogP) is 4.36. The lowest BCUT2D eigenvalue weighted by Crippen LogP contribution is -2.60. The van der Waals surface area contributed by atoms with E-state index in [9.17, 15) is 4.79 Å². The van der Waals surface area contributed by atoms with Gasteiger partial charge in [0.1, 0.15) is 0 Å². The highest BCUT2D eigenvalue weighted by Crippen LogP contribution is 2.40. The van der Waals surface area contributed by atoms with Crippen LogP contribution in [0.5, 0.6) is 0 Å². The van der Waals surface area contributed by atoms with Gasteiger partial charge in [-0.05, 0) is 23.3 Å². The molecule has 0 N–H and O–H groups in total. The third kappa shape index (κ3) is 3.06. The summed E-state index contributed by atoms with van der Waals surface area (Å²) in [7, 11) is 0. The van der Waals surface area contributed by atoms with Gasteiger partial charge < -0.3 is 4.74 Å². The Morgan fingerprint density at radius 2 is 1.32 bits per heavy atom. The van der Waals surface area contributed by atoms with Gasteiger partial charge in [0.05, 0.1) is 12.6 Å². The van der Waals surface area contributed by atoms with E-state index < -0.39 is 6.10 Å². The van der Waals surface area contributed by atoms with Crippen LogP contribution in [0.2, 0.25) is 0 Å². The third-order valence-electron chi connectivity index (χ3n) is 4.49. The summed E-state index contributed by atoms with van der Waals surface area (Å²) in [6.45, 7) is 0.434. The molecule has 3 nitrogen and oxygen atoms in total. The maximum absolute atomic E-state index is 12.8. The first-order valence-electron chi connectivity index (χ1n) is 8.43. The fourth-order valence-corrected chi connectivity index (χ4v) is 3.24. The van der Waals surface area contributed by atoms with Crippen LogP contribution in [0.15, 0.2) is 91.0 Å². The van der Waals surface area contributed by atoms with Crippen LogP contribution in [0, 0.1) is 0 Å². The second-order valence-electron chi connectivity index (χ2n) is 6.12. The van der Waals surface area contributed by atoms with Gasteiger partial charge in [-0.25, -0.2) is 0 Å². The van der Waals surface area contributed by atoms with Gasteiger partial charge in [0.25, 0.3) is 5.91 Å². The molecule has 0 saturated carbocycles. The summed E-state index contributed by atoms with van der Waals surface area (Å²) in [5.74, 6) is 0.0102. The quantitative estimate of drug-likeness (QED) is 0.651. The van der Waals surface area contributed by atoms with E-state index in [1.807, 2.05) is 95.9 Å². The highest BCUT2D eigenvalue weighted by Gasteiger charge is 2.49. The van der Waals surface area contributed by atoms with Crippen LogP contribution in [0.1, 0.15) is 17.2 Å². The van der Waals surface area contributed by atoms with Crippen LogP contribution < -0.4 is 4.90 Å². The minimum Gasteiger partial charge on any atom is -0.361 e. The molecule has 0 aliphatic carbocycles. The van der Waals surface area contributed by atoms with Crippen LogP contribution >= 0.6 is 0 Å². The summed E-state index contributed by atoms with van der Waals surface area (Å²) >= 11 is 0. The fourth-order valence-electron chi connectivity index (χ4n) is 3.24. The summed E-state index contributed by atoms with van der Waals surface area (Å²) in [4.78, 5) is 14.6. The van der Waals surface area contributed by atoms with Crippen LogP contribution in [-0.2, 0) is 16.1 Å². The maximum atomic E-state index is 12.8. The molecule has 3 aromatic rings. The van der Waals surface area contributed by atoms with E-state index in [4.69, 9.17) is 4.74 Å². The Bertz CT molecular complexity index is 834. The molecule has 25 heavy (non-hydrogen) atoms. The molecular formula is C22H19NO2. The van der Waals surface area contributed by atoms with Gasteiger partial charge >= 0.3 is 0 Å². The molecule has 0 radical (unpaired) electrons. The Balaban J connectivity index is 1.59. The van der Waals surface area contributed by atoms with Crippen molar-refractivity contribution in [2.45, 2.75) is 18.8 Å². The number of anilines is 1. The number of benzene rings is 3. The van der Waals surface area contributed by atoms with Gasteiger partial charge in [-0.2, -0.15) is 0 Å². The van der Waals surface area contributed by atoms with E-state index in [1.54, 1.807) is 0 Å². The van der Waals surface area contributed by atoms with Gasteiger partial charge in [0.2, 0.25) is 0 Å². The zero-order valence-electron chi connectivity index (χ0n) is 13.8. The standard InChI is InChI=1S/C22H19NO2/c24-22-21(25-16-17-10-4-1-5-11-17)20(18-12-6-2-7-13-18)23(22)19-14-8-3-9-15-19/h1-15,20-21H,16H2/t20-,21-/m0/s1. The van der Waals surface area contributed by atoms with E-state index in [0.717, 1.165) is 16.8 Å². The number of carbonyl (C=O) groups excluding carboxylic acids is 1. The molecule has 3 aromatic carbocycles. The van der Waals surface area contributed by atoms with Crippen LogP contribution in [0.3, 0.4) is 0 Å². The average Bonchev–Trinajstić information content (AvgIpc) is 2.68. The van der Waals surface area contributed by atoms with E-state index in [2.05, 4.69) is 0 Å². The van der Waals surface area contributed by atoms with Gasteiger partial charge in [0.15, 0.2) is 6.10 Å². The fraction of sp³-hybridized carbons (Fsp3) is 0.136. The lowest BCUT2D eigenvalue weighted by Gasteiger charge is -2.46. The number of ether oxygens (including phenoxy) is 1. The largest absolute Gasteiger partial charge is 0.361 e. The molecule has 0 aromatic heterocycles. The minimum atomic E-state index is -0.456. The van der Waals surface area contributed by atoms with Gasteiger partial charge in [-0.1, -0.05) is 78.9 Å². The number of carbonyl (C=O) groups is 1. The molecule has 1 fully saturated rings. The monoisotopic (exact) mass is 329 g/mol. The Morgan fingerprint density at radius 1 is 0.760 bits per heavy atom. The lowest BCUT2D eigenvalue weighted by molar-refractivity contribution is -0.143. The SMILES string of the molecule is O=C1[C@@H](OCc2ccccc2)[C@H](c2ccccc2)N1c1ccccc1. The molecule has 1 amide bonds. The van der Waals surface area contributed by atoms with Crippen molar-refractivity contribution in [3.63, 3.8) is 0 Å². The molecule has 3 heteroatoms. The van der Waals surface area contributed by atoms with E-state index in [-0.39, 0.29) is 11.9 Å². The number of para-hydroxylation sites is 1. The smallest absolute Gasteiger partial charge is 0.259 e. The molecule has 4 rings (SSSR count). The van der Waals surface area contributed by atoms with Crippen LogP contribution in [-0.4, -0.2) is 12.0 Å². The molecule has 0 bridgehead atoms. The van der Waals surface area contributed by atoms with Gasteiger partial charge in [-0.15, -0.1) is 0 Å². The zero-order chi connectivity index (χ0) is 17.1. The topological polar surface area (TPSA) is 29.5 Å². The van der Waals surface area contributed by atoms with Crippen molar-refractivity contribution in [2.75, 3.05) is 4.90 Å². The Morgan fingerprint density at radius 3 is 1.96 bits per heavy atom. The van der Waals surface area contributed by atoms with Crippen molar-refractivity contribution in [2.24, 2.45) is 0 Å². The van der Waals surface area contributed by atoms with Gasteiger partial charge in [0, 0.05) is 5.69 Å². The number of rotatable bonds is 5. The molecule has 124 valence electrons. The molecule has 1 aliphatic heterocycles. The van der Waals surface area contributed by atoms with Crippen LogP contribution in [0.4, 0.5) is 5.69 Å². The first-order valence-corrected chi connectivity index (χ1v) is 8.43. The number of hydrogen-bond donors (Lipinski definition) is 0. The summed E-state index contributed by atoms with van der Waals surface area (Å²) in [6, 6.07) is 29.7. The van der Waals surface area contributed by atoms with Crippen molar-refractivity contribution in [1.82, 2.24) is 0 Å². The second kappa shape index (κ2) is 6.91. The Kier molecular flexibility index (Phi) is 4.32. The highest BCUT2D eigenvalue weighted by molar-refractivity contribution is 6.05. The number of β-lactam (4-membered cyclic amide) rings is 1. The molecular weight excluding hydrogens is 310 g/mol. The first-order chi connectivity index (χ1) is 12.3. The van der Waals surface area contributed by atoms with Gasteiger partial charge in [-0.3, -0.25) is 9.69 Å². The molecule has 0 unspecified atom stereocenters. The molecule has 1 aliphatic rings. The summed E-state index contributed by atoms with van der Waals surface area (Å²) in [5, 5.41) is 0. The molecule has 2 atom stereocenters. The first kappa shape index (κ1) is 15.6. The number of nitrogens with zero attached hydrogens (tertiary/aromatic N) is 1. The highest BCUT2D eigenvalue weighted by atomic mass is 16.5. The summed E-state index contributed by atoms with van der Waals surface area (Å²) in [5.41, 5.74) is 3.06. The normalized spacial score (nSPS) is 19.5. The second-order valence-corrected chi connectivity index (χ2v) is 6.12. The Hall–Kier alpha value is -2.91. The van der Waals surface area contributed by atoms with Crippen molar-refractivity contribution in [3.05, 3.63) is 102 Å². The van der Waals surface area contributed by atoms with Crippen molar-refractivity contribution < 1.29 is 9.53 Å². The lowest BCUT2D eigenvalue weighted by atomic mass is 9.89. The average molecular weight is 329 g/mol. The number of amides is 1. The van der Waals surface area contributed by atoms with Crippen molar-refractivity contribution >= 4 is 11.6 Å². The van der Waals surface area contributed by atoms with E-state index >= 15 is 0 Å². The molecule has 1 saturated heterocycles. The summed E-state index contributed by atoms with van der Waals surface area (Å²) in [6.07, 6.45) is -0.456. The maximum Gasteiger partial charge on any atom is 0.259 e. The van der Waals surface area contributed by atoms with E-state index in [1.165, 1.54) is 0 Å². The van der Waals surface area contributed by atoms with Crippen LogP contribution in [0.25, 0.3) is 0 Å². The molecule has 1 heterocycles. The number of hydrogen-bond acceptors (Lipinski definition) is 2.